The highest BCUT2D eigenvalue weighted by molar-refractivity contribution is 5.94. The molecule has 4 heteroatoms. The molecule has 2 unspecified atom stereocenters. The summed E-state index contributed by atoms with van der Waals surface area (Å²) in [6.45, 7) is 4.20. The first kappa shape index (κ1) is 21.3. The number of esters is 1. The number of rotatable bonds is 5. The number of hydrogen-bond acceptors (Lipinski definition) is 4. The van der Waals surface area contributed by atoms with Gasteiger partial charge in [-0.2, -0.15) is 0 Å². The number of allylic oxidation sites excluding steroid dienone is 4. The number of carbonyl (C=O) groups is 1. The van der Waals surface area contributed by atoms with Crippen LogP contribution in [0.1, 0.15) is 43.9 Å². The van der Waals surface area contributed by atoms with E-state index in [-0.39, 0.29) is 17.8 Å². The molecule has 0 saturated heterocycles. The van der Waals surface area contributed by atoms with Crippen LogP contribution in [0.5, 0.6) is 5.75 Å². The summed E-state index contributed by atoms with van der Waals surface area (Å²) in [4.78, 5) is 12.9. The number of carbonyl (C=O) groups excluding carboxylic acids is 1. The summed E-state index contributed by atoms with van der Waals surface area (Å²) in [5.41, 5.74) is 5.45. The fourth-order valence-corrected chi connectivity index (χ4v) is 5.39. The molecule has 0 spiro atoms. The van der Waals surface area contributed by atoms with Crippen molar-refractivity contribution in [3.05, 3.63) is 94.5 Å². The van der Waals surface area contributed by atoms with E-state index in [9.17, 15) is 4.79 Å². The smallest absolute Gasteiger partial charge is 0.335 e. The molecule has 2 atom stereocenters. The van der Waals surface area contributed by atoms with E-state index in [1.54, 1.807) is 13.4 Å². The van der Waals surface area contributed by atoms with E-state index in [1.807, 2.05) is 32.0 Å². The van der Waals surface area contributed by atoms with Crippen molar-refractivity contribution in [3.63, 3.8) is 0 Å². The number of furan rings is 1. The first-order valence-corrected chi connectivity index (χ1v) is 11.5. The molecule has 0 radical (unpaired) electrons. The summed E-state index contributed by atoms with van der Waals surface area (Å²) in [6.07, 6.45) is 7.87. The van der Waals surface area contributed by atoms with Gasteiger partial charge in [0, 0.05) is 5.56 Å². The second-order valence-corrected chi connectivity index (χ2v) is 8.72. The Labute approximate surface area is 194 Å². The molecule has 0 amide bonds. The van der Waals surface area contributed by atoms with Crippen LogP contribution in [-0.2, 0) is 9.53 Å². The van der Waals surface area contributed by atoms with Crippen LogP contribution in [0.15, 0.2) is 87.6 Å². The zero-order valence-electron chi connectivity index (χ0n) is 19.3. The Morgan fingerprint density at radius 1 is 1.15 bits per heavy atom. The summed E-state index contributed by atoms with van der Waals surface area (Å²) >= 11 is 0. The third-order valence-corrected chi connectivity index (χ3v) is 6.77. The van der Waals surface area contributed by atoms with Gasteiger partial charge in [-0.05, 0) is 67.2 Å². The van der Waals surface area contributed by atoms with Crippen molar-refractivity contribution in [1.82, 2.24) is 0 Å². The molecule has 2 aliphatic rings. The number of benzene rings is 2. The molecule has 33 heavy (non-hydrogen) atoms. The average Bonchev–Trinajstić information content (AvgIpc) is 3.48. The van der Waals surface area contributed by atoms with E-state index >= 15 is 0 Å². The molecule has 0 aliphatic heterocycles. The molecule has 4 nitrogen and oxygen atoms in total. The zero-order chi connectivity index (χ0) is 22.9. The third-order valence-electron chi connectivity index (χ3n) is 6.77. The van der Waals surface area contributed by atoms with Crippen LogP contribution in [0.25, 0.3) is 16.8 Å². The van der Waals surface area contributed by atoms with Gasteiger partial charge in [0.2, 0.25) is 0 Å². The van der Waals surface area contributed by atoms with Gasteiger partial charge in [-0.15, -0.1) is 0 Å². The second kappa shape index (κ2) is 8.78. The van der Waals surface area contributed by atoms with Gasteiger partial charge in [0.15, 0.2) is 0 Å². The Hall–Kier alpha value is -3.53. The van der Waals surface area contributed by atoms with Crippen molar-refractivity contribution < 1.29 is 18.7 Å². The lowest BCUT2D eigenvalue weighted by atomic mass is 9.74. The largest absolute Gasteiger partial charge is 0.496 e. The second-order valence-electron chi connectivity index (χ2n) is 8.72. The van der Waals surface area contributed by atoms with Crippen molar-refractivity contribution >= 4 is 22.8 Å². The van der Waals surface area contributed by atoms with Gasteiger partial charge >= 0.3 is 5.97 Å². The van der Waals surface area contributed by atoms with Crippen LogP contribution in [-0.4, -0.2) is 19.7 Å². The Morgan fingerprint density at radius 3 is 2.76 bits per heavy atom. The van der Waals surface area contributed by atoms with E-state index in [4.69, 9.17) is 13.9 Å². The average molecular weight is 441 g/mol. The Balaban J connectivity index is 1.57. The lowest BCUT2D eigenvalue weighted by Crippen LogP contribution is -2.24. The monoisotopic (exact) mass is 440 g/mol. The first-order valence-electron chi connectivity index (χ1n) is 11.5. The lowest BCUT2D eigenvalue weighted by molar-refractivity contribution is -0.139. The molecule has 1 heterocycles. The van der Waals surface area contributed by atoms with Crippen LogP contribution in [0.2, 0.25) is 0 Å². The number of hydrogen-bond donors (Lipinski definition) is 0. The van der Waals surface area contributed by atoms with Crippen LogP contribution in [0, 0.1) is 5.92 Å². The standard InChI is InChI=1S/C29H28O4/c1-4-32-29(30)27-18(2)14-21-15-19(16-23(21)28(27)26-10-7-13-33-26)17-24-22-9-6-5-8-20(22)11-12-25(24)31-3/h5-14,17,23,28H,4,15-16H2,1-3H3/b19-17-. The highest BCUT2D eigenvalue weighted by atomic mass is 16.5. The highest BCUT2D eigenvalue weighted by Crippen LogP contribution is 2.52. The maximum atomic E-state index is 12.9. The maximum Gasteiger partial charge on any atom is 0.335 e. The van der Waals surface area contributed by atoms with Crippen molar-refractivity contribution in [2.45, 2.75) is 32.6 Å². The predicted octanol–water partition coefficient (Wildman–Crippen LogP) is 6.84. The van der Waals surface area contributed by atoms with E-state index in [0.717, 1.165) is 35.5 Å². The van der Waals surface area contributed by atoms with Crippen molar-refractivity contribution in [2.75, 3.05) is 13.7 Å². The number of ether oxygens (including phenoxy) is 2. The topological polar surface area (TPSA) is 48.7 Å². The SMILES string of the molecule is CCOC(=O)C1=C(C)C=C2C/C(=C/c3c(OC)ccc4ccccc34)CC2C1c1ccco1. The third kappa shape index (κ3) is 3.80. The number of methoxy groups -OCH3 is 1. The molecule has 1 saturated carbocycles. The van der Waals surface area contributed by atoms with Gasteiger partial charge in [-0.1, -0.05) is 53.6 Å². The van der Waals surface area contributed by atoms with E-state index in [0.29, 0.717) is 12.2 Å². The molecule has 3 aromatic rings. The Morgan fingerprint density at radius 2 is 2.00 bits per heavy atom. The Kier molecular flexibility index (Phi) is 5.67. The summed E-state index contributed by atoms with van der Waals surface area (Å²) in [6, 6.07) is 16.4. The minimum atomic E-state index is -0.250. The Bertz CT molecular complexity index is 1290. The number of fused-ring (bicyclic) bond motifs is 2. The van der Waals surface area contributed by atoms with Crippen LogP contribution < -0.4 is 4.74 Å². The van der Waals surface area contributed by atoms with Crippen LogP contribution >= 0.6 is 0 Å². The van der Waals surface area contributed by atoms with Gasteiger partial charge < -0.3 is 13.9 Å². The fraction of sp³-hybridized carbons (Fsp3) is 0.276. The molecule has 168 valence electrons. The summed E-state index contributed by atoms with van der Waals surface area (Å²) in [5.74, 6) is 1.47. The van der Waals surface area contributed by atoms with E-state index in [2.05, 4.69) is 42.5 Å². The zero-order valence-corrected chi connectivity index (χ0v) is 19.3. The van der Waals surface area contributed by atoms with Crippen LogP contribution in [0.4, 0.5) is 0 Å². The van der Waals surface area contributed by atoms with Gasteiger partial charge in [0.05, 0.1) is 31.5 Å². The molecule has 5 rings (SSSR count). The van der Waals surface area contributed by atoms with Gasteiger partial charge in [0.1, 0.15) is 11.5 Å². The molecule has 1 aromatic heterocycles. The molecule has 2 aromatic carbocycles. The molecule has 0 bridgehead atoms. The normalized spacial score (nSPS) is 21.3. The quantitative estimate of drug-likeness (QED) is 0.408. The van der Waals surface area contributed by atoms with Crippen molar-refractivity contribution in [3.8, 4) is 5.75 Å². The maximum absolute atomic E-state index is 12.9. The molecule has 0 N–H and O–H groups in total. The summed E-state index contributed by atoms with van der Waals surface area (Å²) in [5, 5.41) is 2.37. The highest BCUT2D eigenvalue weighted by Gasteiger charge is 2.42. The van der Waals surface area contributed by atoms with Gasteiger partial charge in [0.25, 0.3) is 0 Å². The van der Waals surface area contributed by atoms with Crippen molar-refractivity contribution in [1.29, 1.82) is 0 Å². The summed E-state index contributed by atoms with van der Waals surface area (Å²) in [7, 11) is 1.72. The molecule has 2 aliphatic carbocycles. The van der Waals surface area contributed by atoms with Crippen molar-refractivity contribution in [2.24, 2.45) is 5.92 Å². The van der Waals surface area contributed by atoms with E-state index < -0.39 is 0 Å². The lowest BCUT2D eigenvalue weighted by Gasteiger charge is -2.29. The minimum absolute atomic E-state index is 0.139. The summed E-state index contributed by atoms with van der Waals surface area (Å²) < 4.78 is 17.0. The predicted molar refractivity (Wildman–Crippen MR) is 130 cm³/mol. The minimum Gasteiger partial charge on any atom is -0.496 e. The first-order chi connectivity index (χ1) is 16.1. The van der Waals surface area contributed by atoms with Crippen LogP contribution in [0.3, 0.4) is 0 Å². The van der Waals surface area contributed by atoms with E-state index in [1.165, 1.54) is 21.9 Å². The fourth-order valence-electron chi connectivity index (χ4n) is 5.39. The molecular formula is C29H28O4. The van der Waals surface area contributed by atoms with Gasteiger partial charge in [-0.3, -0.25) is 0 Å². The molecule has 1 fully saturated rings. The van der Waals surface area contributed by atoms with Gasteiger partial charge in [-0.25, -0.2) is 4.79 Å². The molecular weight excluding hydrogens is 412 g/mol.